The molecule has 0 unspecified atom stereocenters. The molecule has 2 heterocycles. The van der Waals surface area contributed by atoms with Crippen LogP contribution in [0.5, 0.6) is 5.75 Å². The number of nitrogens with one attached hydrogen (secondary N) is 1. The molecule has 0 aliphatic carbocycles. The highest BCUT2D eigenvalue weighted by Gasteiger charge is 2.16. The molecule has 1 atom stereocenters. The first-order valence-electron chi connectivity index (χ1n) is 11.0. The van der Waals surface area contributed by atoms with Crippen molar-refractivity contribution >= 4 is 11.0 Å². The average Bonchev–Trinajstić information content (AvgIpc) is 3.04. The molecule has 0 radical (unpaired) electrons. The average molecular weight is 409 g/mol. The standard InChI is InChI=1S/C24H32N4O2/c1-2-30-20-12-10-19(11-13-20)23(29)18-28-22-9-5-4-8-21(22)27(24(28)25)17-16-26-14-6-3-7-15-26/h4-5,8-13,23,25,29H,2-3,6-7,14-18H2,1H3/t23-/m1/s1. The van der Waals surface area contributed by atoms with Crippen molar-refractivity contribution in [3.63, 3.8) is 0 Å². The second kappa shape index (κ2) is 9.49. The number of para-hydroxylation sites is 2. The summed E-state index contributed by atoms with van der Waals surface area (Å²) in [7, 11) is 0. The van der Waals surface area contributed by atoms with E-state index in [1.807, 2.05) is 54.0 Å². The van der Waals surface area contributed by atoms with Gasteiger partial charge in [-0.3, -0.25) is 5.41 Å². The van der Waals surface area contributed by atoms with Crippen molar-refractivity contribution in [1.82, 2.24) is 14.0 Å². The molecule has 1 fully saturated rings. The van der Waals surface area contributed by atoms with Gasteiger partial charge in [0.05, 0.1) is 30.3 Å². The summed E-state index contributed by atoms with van der Waals surface area (Å²) in [5.74, 6) is 0.802. The minimum atomic E-state index is -0.684. The third-order valence-corrected chi connectivity index (χ3v) is 5.99. The zero-order valence-electron chi connectivity index (χ0n) is 17.8. The van der Waals surface area contributed by atoms with Gasteiger partial charge in [-0.1, -0.05) is 30.7 Å². The van der Waals surface area contributed by atoms with Gasteiger partial charge in [-0.25, -0.2) is 0 Å². The Morgan fingerprint density at radius 3 is 2.27 bits per heavy atom. The third kappa shape index (κ3) is 4.45. The second-order valence-corrected chi connectivity index (χ2v) is 7.99. The van der Waals surface area contributed by atoms with E-state index in [9.17, 15) is 5.11 Å². The largest absolute Gasteiger partial charge is 0.494 e. The maximum atomic E-state index is 10.9. The molecular weight excluding hydrogens is 376 g/mol. The van der Waals surface area contributed by atoms with Gasteiger partial charge in [0.2, 0.25) is 5.62 Å². The van der Waals surface area contributed by atoms with Crippen molar-refractivity contribution in [3.05, 3.63) is 59.7 Å². The first-order valence-corrected chi connectivity index (χ1v) is 11.0. The van der Waals surface area contributed by atoms with Crippen molar-refractivity contribution in [1.29, 1.82) is 5.41 Å². The van der Waals surface area contributed by atoms with E-state index in [2.05, 4.69) is 15.5 Å². The molecule has 2 N–H and O–H groups in total. The smallest absolute Gasteiger partial charge is 0.203 e. The topological polar surface area (TPSA) is 66.4 Å². The highest BCUT2D eigenvalue weighted by molar-refractivity contribution is 5.75. The van der Waals surface area contributed by atoms with Crippen molar-refractivity contribution in [2.75, 3.05) is 26.2 Å². The summed E-state index contributed by atoms with van der Waals surface area (Å²) < 4.78 is 9.49. The van der Waals surface area contributed by atoms with Crippen LogP contribution in [0.2, 0.25) is 0 Å². The Bertz CT molecular complexity index is 1020. The number of fused-ring (bicyclic) bond motifs is 1. The first kappa shape index (κ1) is 20.7. The van der Waals surface area contributed by atoms with Crippen LogP contribution in [0.1, 0.15) is 37.9 Å². The molecule has 6 nitrogen and oxygen atoms in total. The van der Waals surface area contributed by atoms with Gasteiger partial charge in [-0.15, -0.1) is 0 Å². The maximum Gasteiger partial charge on any atom is 0.203 e. The molecule has 0 saturated carbocycles. The second-order valence-electron chi connectivity index (χ2n) is 7.99. The maximum absolute atomic E-state index is 10.9. The van der Waals surface area contributed by atoms with E-state index in [1.54, 1.807) is 0 Å². The fourth-order valence-electron chi connectivity index (χ4n) is 4.36. The zero-order chi connectivity index (χ0) is 20.9. The lowest BCUT2D eigenvalue weighted by Gasteiger charge is -2.26. The monoisotopic (exact) mass is 408 g/mol. The van der Waals surface area contributed by atoms with E-state index in [0.29, 0.717) is 18.8 Å². The van der Waals surface area contributed by atoms with Crippen LogP contribution in [0, 0.1) is 5.41 Å². The summed E-state index contributed by atoms with van der Waals surface area (Å²) in [4.78, 5) is 2.50. The molecule has 4 rings (SSSR count). The number of aliphatic hydroxyl groups excluding tert-OH is 1. The number of hydrogen-bond donors (Lipinski definition) is 2. The van der Waals surface area contributed by atoms with Gasteiger partial charge in [0, 0.05) is 13.1 Å². The lowest BCUT2D eigenvalue weighted by atomic mass is 10.1. The van der Waals surface area contributed by atoms with Gasteiger partial charge in [-0.2, -0.15) is 0 Å². The number of imidazole rings is 1. The first-order chi connectivity index (χ1) is 14.7. The molecule has 1 aliphatic rings. The highest BCUT2D eigenvalue weighted by Crippen LogP contribution is 2.21. The lowest BCUT2D eigenvalue weighted by Crippen LogP contribution is -2.35. The van der Waals surface area contributed by atoms with Crippen LogP contribution in [-0.4, -0.2) is 45.4 Å². The number of benzene rings is 2. The Kier molecular flexibility index (Phi) is 6.55. The van der Waals surface area contributed by atoms with Gasteiger partial charge >= 0.3 is 0 Å². The van der Waals surface area contributed by atoms with E-state index in [4.69, 9.17) is 10.1 Å². The van der Waals surface area contributed by atoms with E-state index in [-0.39, 0.29) is 0 Å². The lowest BCUT2D eigenvalue weighted by molar-refractivity contribution is 0.155. The van der Waals surface area contributed by atoms with Crippen LogP contribution in [0.3, 0.4) is 0 Å². The Morgan fingerprint density at radius 1 is 0.933 bits per heavy atom. The predicted octanol–water partition coefficient (Wildman–Crippen LogP) is 3.54. The Morgan fingerprint density at radius 2 is 1.60 bits per heavy atom. The van der Waals surface area contributed by atoms with Crippen molar-refractivity contribution in [2.24, 2.45) is 0 Å². The van der Waals surface area contributed by atoms with Gasteiger partial charge in [0.15, 0.2) is 0 Å². The van der Waals surface area contributed by atoms with Gasteiger partial charge in [0.25, 0.3) is 0 Å². The van der Waals surface area contributed by atoms with Crippen LogP contribution < -0.4 is 10.4 Å². The van der Waals surface area contributed by atoms with Crippen LogP contribution in [0.4, 0.5) is 0 Å². The minimum absolute atomic E-state index is 0.351. The molecule has 0 spiro atoms. The number of rotatable bonds is 8. The Labute approximate surface area is 177 Å². The predicted molar refractivity (Wildman–Crippen MR) is 119 cm³/mol. The normalized spacial score (nSPS) is 16.1. The molecule has 3 aromatic rings. The number of ether oxygens (including phenoxy) is 1. The van der Waals surface area contributed by atoms with Crippen LogP contribution in [-0.2, 0) is 13.1 Å². The van der Waals surface area contributed by atoms with Crippen LogP contribution in [0.15, 0.2) is 48.5 Å². The summed E-state index contributed by atoms with van der Waals surface area (Å²) in [6.07, 6.45) is 3.19. The van der Waals surface area contributed by atoms with E-state index in [1.165, 1.54) is 19.3 Å². The highest BCUT2D eigenvalue weighted by atomic mass is 16.5. The summed E-state index contributed by atoms with van der Waals surface area (Å²) in [6.45, 7) is 7.00. The quantitative estimate of drug-likeness (QED) is 0.599. The van der Waals surface area contributed by atoms with Gasteiger partial charge in [0.1, 0.15) is 5.75 Å². The zero-order valence-corrected chi connectivity index (χ0v) is 17.8. The number of piperidine rings is 1. The number of likely N-dealkylation sites (tertiary alicyclic amines) is 1. The molecule has 0 amide bonds. The summed E-state index contributed by atoms with van der Waals surface area (Å²) in [5.41, 5.74) is 3.32. The van der Waals surface area contributed by atoms with Gasteiger partial charge in [-0.05, 0) is 62.7 Å². The molecule has 1 aromatic heterocycles. The van der Waals surface area contributed by atoms with E-state index in [0.717, 1.165) is 48.5 Å². The van der Waals surface area contributed by atoms with Crippen molar-refractivity contribution < 1.29 is 9.84 Å². The van der Waals surface area contributed by atoms with E-state index < -0.39 is 6.10 Å². The summed E-state index contributed by atoms with van der Waals surface area (Å²) in [6, 6.07) is 15.7. The van der Waals surface area contributed by atoms with Crippen LogP contribution >= 0.6 is 0 Å². The fourth-order valence-corrected chi connectivity index (χ4v) is 4.36. The molecule has 2 aromatic carbocycles. The Balaban J connectivity index is 1.56. The SMILES string of the molecule is CCOc1ccc([C@H](O)Cn2c(=N)n(CCN3CCCCC3)c3ccccc32)cc1. The van der Waals surface area contributed by atoms with Crippen molar-refractivity contribution in [2.45, 2.75) is 45.4 Å². The molecule has 30 heavy (non-hydrogen) atoms. The molecule has 0 bridgehead atoms. The fraction of sp³-hybridized carbons (Fsp3) is 0.458. The number of hydrogen-bond acceptors (Lipinski definition) is 4. The number of nitrogens with zero attached hydrogens (tertiary/aromatic N) is 3. The molecule has 160 valence electrons. The third-order valence-electron chi connectivity index (χ3n) is 5.99. The molecule has 1 aliphatic heterocycles. The number of aliphatic hydroxyl groups is 1. The van der Waals surface area contributed by atoms with Crippen LogP contribution in [0.25, 0.3) is 11.0 Å². The van der Waals surface area contributed by atoms with Crippen molar-refractivity contribution in [3.8, 4) is 5.75 Å². The minimum Gasteiger partial charge on any atom is -0.494 e. The molecule has 6 heteroatoms. The Hall–Kier alpha value is -2.57. The summed E-state index contributed by atoms with van der Waals surface area (Å²) in [5, 5.41) is 19.7. The van der Waals surface area contributed by atoms with Gasteiger partial charge < -0.3 is 23.9 Å². The number of aromatic nitrogens is 2. The van der Waals surface area contributed by atoms with E-state index >= 15 is 0 Å². The summed E-state index contributed by atoms with van der Waals surface area (Å²) >= 11 is 0. The molecule has 1 saturated heterocycles. The molecular formula is C24H32N4O2.